The van der Waals surface area contributed by atoms with Crippen LogP contribution in [0, 0.1) is 6.92 Å². The molecule has 1 amide bonds. The van der Waals surface area contributed by atoms with E-state index in [0.717, 1.165) is 10.0 Å². The van der Waals surface area contributed by atoms with E-state index in [9.17, 15) is 4.79 Å². The number of nitrogens with one attached hydrogen (secondary N) is 1. The van der Waals surface area contributed by atoms with Crippen molar-refractivity contribution in [2.75, 3.05) is 5.32 Å². The van der Waals surface area contributed by atoms with Gasteiger partial charge in [-0.25, -0.2) is 0 Å². The molecule has 5 heteroatoms. The number of amides is 1. The second kappa shape index (κ2) is 5.95. The maximum absolute atomic E-state index is 12.2. The van der Waals surface area contributed by atoms with Gasteiger partial charge >= 0.3 is 0 Å². The van der Waals surface area contributed by atoms with Gasteiger partial charge in [0.2, 0.25) is 0 Å². The van der Waals surface area contributed by atoms with Crippen LogP contribution >= 0.6 is 39.1 Å². The molecule has 0 spiro atoms. The summed E-state index contributed by atoms with van der Waals surface area (Å²) >= 11 is 15.4. The van der Waals surface area contributed by atoms with Gasteiger partial charge < -0.3 is 5.32 Å². The van der Waals surface area contributed by atoms with Gasteiger partial charge in [0.15, 0.2) is 0 Å². The summed E-state index contributed by atoms with van der Waals surface area (Å²) in [7, 11) is 0. The van der Waals surface area contributed by atoms with Crippen LogP contribution in [0.1, 0.15) is 15.9 Å². The summed E-state index contributed by atoms with van der Waals surface area (Å²) in [5.41, 5.74) is 1.91. The van der Waals surface area contributed by atoms with E-state index in [1.54, 1.807) is 36.4 Å². The lowest BCUT2D eigenvalue weighted by molar-refractivity contribution is 0.102. The van der Waals surface area contributed by atoms with Crippen LogP contribution in [0.4, 0.5) is 5.69 Å². The lowest BCUT2D eigenvalue weighted by atomic mass is 10.1. The summed E-state index contributed by atoms with van der Waals surface area (Å²) in [5, 5.41) is 3.82. The zero-order valence-corrected chi connectivity index (χ0v) is 13.1. The second-order valence-corrected chi connectivity index (χ2v) is 5.72. The number of benzene rings is 2. The van der Waals surface area contributed by atoms with Gasteiger partial charge in [-0.2, -0.15) is 0 Å². The smallest absolute Gasteiger partial charge is 0.257 e. The van der Waals surface area contributed by atoms with Gasteiger partial charge in [-0.05, 0) is 42.8 Å². The quantitative estimate of drug-likeness (QED) is 0.773. The first-order chi connectivity index (χ1) is 8.99. The van der Waals surface area contributed by atoms with E-state index in [2.05, 4.69) is 21.2 Å². The summed E-state index contributed by atoms with van der Waals surface area (Å²) in [6.07, 6.45) is 0. The molecular formula is C14H10BrCl2NO. The minimum Gasteiger partial charge on any atom is -0.322 e. The molecule has 0 radical (unpaired) electrons. The van der Waals surface area contributed by atoms with Crippen LogP contribution in [-0.2, 0) is 0 Å². The number of halogens is 3. The van der Waals surface area contributed by atoms with Crippen LogP contribution in [0.3, 0.4) is 0 Å². The molecule has 0 aliphatic carbocycles. The topological polar surface area (TPSA) is 29.1 Å². The third-order valence-corrected chi connectivity index (χ3v) is 3.92. The standard InChI is InChI=1S/C14H10BrCl2NO/c1-8-11(16)3-2-4-13(8)18-14(19)10-7-9(15)5-6-12(10)17/h2-7H,1H3,(H,18,19). The third-order valence-electron chi connectivity index (χ3n) is 2.69. The summed E-state index contributed by atoms with van der Waals surface area (Å²) in [5.74, 6) is -0.267. The monoisotopic (exact) mass is 357 g/mol. The maximum atomic E-state index is 12.2. The van der Waals surface area contributed by atoms with E-state index in [1.807, 2.05) is 6.92 Å². The van der Waals surface area contributed by atoms with Crippen molar-refractivity contribution < 1.29 is 4.79 Å². The van der Waals surface area contributed by atoms with Crippen LogP contribution < -0.4 is 5.32 Å². The van der Waals surface area contributed by atoms with Crippen LogP contribution in [0.25, 0.3) is 0 Å². The zero-order chi connectivity index (χ0) is 14.0. The van der Waals surface area contributed by atoms with Crippen LogP contribution in [0.5, 0.6) is 0 Å². The summed E-state index contributed by atoms with van der Waals surface area (Å²) in [6.45, 7) is 1.85. The number of carbonyl (C=O) groups excluding carboxylic acids is 1. The van der Waals surface area contributed by atoms with Crippen molar-refractivity contribution in [3.05, 3.63) is 62.0 Å². The van der Waals surface area contributed by atoms with Crippen LogP contribution in [0.2, 0.25) is 10.0 Å². The lowest BCUT2D eigenvalue weighted by Crippen LogP contribution is -2.13. The molecule has 0 saturated heterocycles. The van der Waals surface area contributed by atoms with Gasteiger partial charge in [-0.1, -0.05) is 45.2 Å². The molecule has 0 atom stereocenters. The van der Waals surface area contributed by atoms with Gasteiger partial charge in [0.05, 0.1) is 10.6 Å². The van der Waals surface area contributed by atoms with Crippen molar-refractivity contribution in [2.24, 2.45) is 0 Å². The molecule has 0 saturated carbocycles. The number of hydrogen-bond acceptors (Lipinski definition) is 1. The first kappa shape index (κ1) is 14.4. The fourth-order valence-electron chi connectivity index (χ4n) is 1.60. The van der Waals surface area contributed by atoms with Gasteiger partial charge in [0.25, 0.3) is 5.91 Å². The summed E-state index contributed by atoms with van der Waals surface area (Å²) < 4.78 is 0.796. The molecule has 0 aliphatic rings. The fraction of sp³-hybridized carbons (Fsp3) is 0.0714. The van der Waals surface area contributed by atoms with Gasteiger partial charge in [0.1, 0.15) is 0 Å². The molecule has 2 aromatic rings. The molecule has 2 nitrogen and oxygen atoms in total. The molecule has 0 unspecified atom stereocenters. The highest BCUT2D eigenvalue weighted by Gasteiger charge is 2.12. The molecule has 2 aromatic carbocycles. The van der Waals surface area contributed by atoms with Crippen molar-refractivity contribution in [3.8, 4) is 0 Å². The van der Waals surface area contributed by atoms with Crippen LogP contribution in [0.15, 0.2) is 40.9 Å². The highest BCUT2D eigenvalue weighted by molar-refractivity contribution is 9.10. The molecule has 98 valence electrons. The third kappa shape index (κ3) is 3.30. The Bertz CT molecular complexity index is 643. The minimum absolute atomic E-state index is 0.267. The Balaban J connectivity index is 2.31. The SMILES string of the molecule is Cc1c(Cl)cccc1NC(=O)c1cc(Br)ccc1Cl. The van der Waals surface area contributed by atoms with E-state index in [4.69, 9.17) is 23.2 Å². The Hall–Kier alpha value is -1.03. The largest absolute Gasteiger partial charge is 0.322 e. The van der Waals surface area contributed by atoms with Crippen LogP contribution in [-0.4, -0.2) is 5.91 Å². The van der Waals surface area contributed by atoms with Crippen molar-refractivity contribution in [3.63, 3.8) is 0 Å². The maximum Gasteiger partial charge on any atom is 0.257 e. The number of carbonyl (C=O) groups is 1. The van der Waals surface area contributed by atoms with E-state index in [-0.39, 0.29) is 5.91 Å². The molecular weight excluding hydrogens is 349 g/mol. The Labute approximate surface area is 129 Å². The van der Waals surface area contributed by atoms with Gasteiger partial charge in [-0.3, -0.25) is 4.79 Å². The minimum atomic E-state index is -0.267. The highest BCUT2D eigenvalue weighted by Crippen LogP contribution is 2.25. The van der Waals surface area contributed by atoms with Crippen molar-refractivity contribution in [1.82, 2.24) is 0 Å². The lowest BCUT2D eigenvalue weighted by Gasteiger charge is -2.10. The summed E-state index contributed by atoms with van der Waals surface area (Å²) in [6, 6.07) is 10.5. The molecule has 19 heavy (non-hydrogen) atoms. The Morgan fingerprint density at radius 2 is 1.89 bits per heavy atom. The molecule has 2 rings (SSSR count). The predicted molar refractivity (Wildman–Crippen MR) is 83.3 cm³/mol. The molecule has 0 aromatic heterocycles. The van der Waals surface area contributed by atoms with E-state index >= 15 is 0 Å². The van der Waals surface area contributed by atoms with E-state index in [0.29, 0.717) is 21.3 Å². The molecule has 0 bridgehead atoms. The van der Waals surface area contributed by atoms with Gasteiger partial charge in [0, 0.05) is 15.2 Å². The van der Waals surface area contributed by atoms with E-state index < -0.39 is 0 Å². The first-order valence-electron chi connectivity index (χ1n) is 5.50. The Kier molecular flexibility index (Phi) is 4.50. The van der Waals surface area contributed by atoms with Crippen molar-refractivity contribution in [1.29, 1.82) is 0 Å². The first-order valence-corrected chi connectivity index (χ1v) is 7.05. The van der Waals surface area contributed by atoms with Crippen molar-refractivity contribution >= 4 is 50.7 Å². The zero-order valence-electron chi connectivity index (χ0n) is 10.0. The van der Waals surface area contributed by atoms with Crippen molar-refractivity contribution in [2.45, 2.75) is 6.92 Å². The van der Waals surface area contributed by atoms with Gasteiger partial charge in [-0.15, -0.1) is 0 Å². The normalized spacial score (nSPS) is 10.3. The predicted octanol–water partition coefficient (Wildman–Crippen LogP) is 5.32. The number of rotatable bonds is 2. The molecule has 0 fully saturated rings. The average Bonchev–Trinajstić information content (AvgIpc) is 2.38. The Morgan fingerprint density at radius 3 is 2.63 bits per heavy atom. The second-order valence-electron chi connectivity index (χ2n) is 3.99. The molecule has 1 N–H and O–H groups in total. The fourth-order valence-corrected chi connectivity index (χ4v) is 2.34. The Morgan fingerprint density at radius 1 is 1.16 bits per heavy atom. The highest BCUT2D eigenvalue weighted by atomic mass is 79.9. The van der Waals surface area contributed by atoms with E-state index in [1.165, 1.54) is 0 Å². The molecule has 0 heterocycles. The number of anilines is 1. The molecule has 0 aliphatic heterocycles. The summed E-state index contributed by atoms with van der Waals surface area (Å²) in [4.78, 5) is 12.2. The number of hydrogen-bond donors (Lipinski definition) is 1. The average molecular weight is 359 g/mol.